The number of methoxy groups -OCH3 is 1. The predicted octanol–water partition coefficient (Wildman–Crippen LogP) is 2.49. The molecule has 1 aromatic heterocycles. The zero-order valence-electron chi connectivity index (χ0n) is 12.1. The third-order valence-corrected chi connectivity index (χ3v) is 4.77. The van der Waals surface area contributed by atoms with E-state index < -0.39 is 0 Å². The van der Waals surface area contributed by atoms with E-state index in [2.05, 4.69) is 21.3 Å². The Morgan fingerprint density at radius 2 is 2.45 bits per heavy atom. The van der Waals surface area contributed by atoms with E-state index in [4.69, 9.17) is 16.3 Å². The van der Waals surface area contributed by atoms with E-state index >= 15 is 0 Å². The quantitative estimate of drug-likeness (QED) is 0.670. The highest BCUT2D eigenvalue weighted by Gasteiger charge is 2.24. The van der Waals surface area contributed by atoms with E-state index in [0.717, 1.165) is 43.0 Å². The predicted molar refractivity (Wildman–Crippen MR) is 86.0 cm³/mol. The van der Waals surface area contributed by atoms with E-state index in [1.807, 2.05) is 13.1 Å². The molecule has 1 aliphatic rings. The van der Waals surface area contributed by atoms with Crippen molar-refractivity contribution in [1.29, 1.82) is 0 Å². The van der Waals surface area contributed by atoms with Crippen LogP contribution >= 0.6 is 22.9 Å². The van der Waals surface area contributed by atoms with Gasteiger partial charge < -0.3 is 15.0 Å². The number of hydrogen-bond donors (Lipinski definition) is 1. The number of hydrogen-bond acceptors (Lipinski definition) is 3. The molecule has 0 amide bonds. The zero-order chi connectivity index (χ0) is 14.4. The summed E-state index contributed by atoms with van der Waals surface area (Å²) in [5.74, 6) is 1.61. The van der Waals surface area contributed by atoms with Crippen molar-refractivity contribution in [2.75, 3.05) is 40.4 Å². The Morgan fingerprint density at radius 3 is 3.10 bits per heavy atom. The van der Waals surface area contributed by atoms with E-state index in [1.54, 1.807) is 18.4 Å². The molecule has 0 bridgehead atoms. The lowest BCUT2D eigenvalue weighted by atomic mass is 10.1. The van der Waals surface area contributed by atoms with Crippen molar-refractivity contribution in [1.82, 2.24) is 10.2 Å². The fourth-order valence-corrected chi connectivity index (χ4v) is 3.60. The Morgan fingerprint density at radius 1 is 1.60 bits per heavy atom. The summed E-state index contributed by atoms with van der Waals surface area (Å²) in [5, 5.41) is 3.43. The maximum Gasteiger partial charge on any atom is 0.193 e. The monoisotopic (exact) mass is 315 g/mol. The highest BCUT2D eigenvalue weighted by Crippen LogP contribution is 2.21. The largest absolute Gasteiger partial charge is 0.384 e. The van der Waals surface area contributed by atoms with Gasteiger partial charge in [0.05, 0.1) is 10.9 Å². The fraction of sp³-hybridized carbons (Fsp3) is 0.643. The van der Waals surface area contributed by atoms with Gasteiger partial charge in [0.2, 0.25) is 0 Å². The first-order chi connectivity index (χ1) is 9.72. The average Bonchev–Trinajstić information content (AvgIpc) is 3.05. The number of guanidine groups is 1. The molecule has 2 heterocycles. The summed E-state index contributed by atoms with van der Waals surface area (Å²) < 4.78 is 6.08. The highest BCUT2D eigenvalue weighted by atomic mass is 35.5. The number of rotatable bonds is 5. The van der Waals surface area contributed by atoms with Gasteiger partial charge in [0, 0.05) is 44.6 Å². The molecule has 0 spiro atoms. The lowest BCUT2D eigenvalue weighted by molar-refractivity contribution is 0.157. The first-order valence-corrected chi connectivity index (χ1v) is 8.11. The smallest absolute Gasteiger partial charge is 0.193 e. The zero-order valence-corrected chi connectivity index (χ0v) is 13.6. The van der Waals surface area contributed by atoms with Crippen molar-refractivity contribution in [2.45, 2.75) is 12.8 Å². The van der Waals surface area contributed by atoms with Crippen LogP contribution in [0.3, 0.4) is 0 Å². The molecule has 1 fully saturated rings. The van der Waals surface area contributed by atoms with Crippen LogP contribution in [0.15, 0.2) is 17.1 Å². The van der Waals surface area contributed by atoms with Gasteiger partial charge in [-0.1, -0.05) is 11.6 Å². The molecular weight excluding hydrogens is 294 g/mol. The molecule has 4 nitrogen and oxygen atoms in total. The van der Waals surface area contributed by atoms with Crippen LogP contribution in [0.5, 0.6) is 0 Å². The second-order valence-electron chi connectivity index (χ2n) is 4.99. The van der Waals surface area contributed by atoms with Gasteiger partial charge in [0.1, 0.15) is 0 Å². The topological polar surface area (TPSA) is 36.9 Å². The minimum atomic E-state index is 0.620. The van der Waals surface area contributed by atoms with Crippen LogP contribution in [-0.2, 0) is 11.2 Å². The summed E-state index contributed by atoms with van der Waals surface area (Å²) in [4.78, 5) is 7.98. The molecule has 1 saturated heterocycles. The Labute approximate surface area is 129 Å². The van der Waals surface area contributed by atoms with Crippen LogP contribution < -0.4 is 5.32 Å². The summed E-state index contributed by atoms with van der Waals surface area (Å²) in [5.41, 5.74) is 0. The first kappa shape index (κ1) is 15.6. The number of likely N-dealkylation sites (tertiary alicyclic amines) is 1. The Hall–Kier alpha value is -0.780. The summed E-state index contributed by atoms with van der Waals surface area (Å²) >= 11 is 7.57. The van der Waals surface area contributed by atoms with Gasteiger partial charge in [-0.3, -0.25) is 4.99 Å². The molecule has 6 heteroatoms. The van der Waals surface area contributed by atoms with Crippen molar-refractivity contribution in [3.63, 3.8) is 0 Å². The lowest BCUT2D eigenvalue weighted by Crippen LogP contribution is -2.41. The van der Waals surface area contributed by atoms with Crippen LogP contribution in [-0.4, -0.2) is 51.3 Å². The van der Waals surface area contributed by atoms with E-state index in [0.29, 0.717) is 5.92 Å². The van der Waals surface area contributed by atoms with Gasteiger partial charge >= 0.3 is 0 Å². The van der Waals surface area contributed by atoms with E-state index in [9.17, 15) is 0 Å². The van der Waals surface area contributed by atoms with Gasteiger partial charge in [-0.2, -0.15) is 0 Å². The van der Waals surface area contributed by atoms with Gasteiger partial charge in [-0.25, -0.2) is 0 Å². The minimum absolute atomic E-state index is 0.620. The third kappa shape index (κ3) is 4.36. The fourth-order valence-electron chi connectivity index (χ4n) is 2.51. The molecule has 20 heavy (non-hydrogen) atoms. The molecule has 112 valence electrons. The lowest BCUT2D eigenvalue weighted by Gasteiger charge is -2.21. The van der Waals surface area contributed by atoms with Crippen molar-refractivity contribution >= 4 is 28.9 Å². The molecule has 1 N–H and O–H groups in total. The molecule has 0 aromatic carbocycles. The van der Waals surface area contributed by atoms with Crippen LogP contribution in [0.4, 0.5) is 0 Å². The molecule has 0 saturated carbocycles. The normalized spacial score (nSPS) is 19.6. The van der Waals surface area contributed by atoms with Crippen LogP contribution in [0.2, 0.25) is 4.34 Å². The number of ether oxygens (including phenoxy) is 1. The van der Waals surface area contributed by atoms with Crippen molar-refractivity contribution < 1.29 is 4.74 Å². The first-order valence-electron chi connectivity index (χ1n) is 6.91. The Kier molecular flexibility index (Phi) is 6.13. The molecule has 2 rings (SSSR count). The molecule has 0 aliphatic carbocycles. The second-order valence-corrected chi connectivity index (χ2v) is 6.79. The van der Waals surface area contributed by atoms with Gasteiger partial charge in [-0.15, -0.1) is 11.3 Å². The van der Waals surface area contributed by atoms with Crippen LogP contribution in [0.25, 0.3) is 0 Å². The number of nitrogens with zero attached hydrogens (tertiary/aromatic N) is 2. The average molecular weight is 316 g/mol. The minimum Gasteiger partial charge on any atom is -0.384 e. The van der Waals surface area contributed by atoms with Gasteiger partial charge in [0.25, 0.3) is 0 Å². The molecular formula is C14H22ClN3OS. The van der Waals surface area contributed by atoms with E-state index in [-0.39, 0.29) is 0 Å². The van der Waals surface area contributed by atoms with Crippen LogP contribution in [0, 0.1) is 5.92 Å². The standard InChI is InChI=1S/C14H22ClN3OS/c1-16-14(18-8-6-11(9-18)10-19-2)17-7-5-12-3-4-13(15)20-12/h3-4,11H,5-10H2,1-2H3,(H,16,17). The summed E-state index contributed by atoms with van der Waals surface area (Å²) in [7, 11) is 3.61. The highest BCUT2D eigenvalue weighted by molar-refractivity contribution is 7.16. The number of nitrogens with one attached hydrogen (secondary N) is 1. The van der Waals surface area contributed by atoms with Gasteiger partial charge in [0.15, 0.2) is 5.96 Å². The third-order valence-electron chi connectivity index (χ3n) is 3.48. The molecule has 1 aromatic rings. The molecule has 1 unspecified atom stereocenters. The second kappa shape index (κ2) is 7.86. The maximum absolute atomic E-state index is 5.93. The number of thiophene rings is 1. The van der Waals surface area contributed by atoms with Crippen LogP contribution in [0.1, 0.15) is 11.3 Å². The van der Waals surface area contributed by atoms with Crippen molar-refractivity contribution in [3.8, 4) is 0 Å². The summed E-state index contributed by atoms with van der Waals surface area (Å²) in [6.45, 7) is 3.80. The SMILES string of the molecule is CN=C(NCCc1ccc(Cl)s1)N1CCC(COC)C1. The maximum atomic E-state index is 5.93. The summed E-state index contributed by atoms with van der Waals surface area (Å²) in [6.07, 6.45) is 2.15. The summed E-state index contributed by atoms with van der Waals surface area (Å²) in [6, 6.07) is 4.04. The van der Waals surface area contributed by atoms with Crippen molar-refractivity contribution in [3.05, 3.63) is 21.3 Å². The molecule has 1 aliphatic heterocycles. The van der Waals surface area contributed by atoms with Crippen molar-refractivity contribution in [2.24, 2.45) is 10.9 Å². The Balaban J connectivity index is 1.76. The molecule has 0 radical (unpaired) electrons. The number of aliphatic imine (C=N–C) groups is 1. The molecule has 1 atom stereocenters. The number of halogens is 1. The van der Waals surface area contributed by atoms with Gasteiger partial charge in [-0.05, 0) is 25.0 Å². The Bertz CT molecular complexity index is 449. The van der Waals surface area contributed by atoms with E-state index in [1.165, 1.54) is 11.3 Å².